The standard InChI is InChI=1S/C16H20N2O2/c1-11-5-6-14(13(7-11)16(2,3)4)20-15-9-17-12(10-19)8-18-15/h5-9,19H,10H2,1-4H3. The smallest absolute Gasteiger partial charge is 0.237 e. The number of nitrogens with zero attached hydrogens (tertiary/aromatic N) is 2. The quantitative estimate of drug-likeness (QED) is 0.930. The summed E-state index contributed by atoms with van der Waals surface area (Å²) >= 11 is 0. The van der Waals surface area contributed by atoms with Crippen molar-refractivity contribution in [3.8, 4) is 11.6 Å². The first-order chi connectivity index (χ1) is 9.40. The molecule has 0 radical (unpaired) electrons. The van der Waals surface area contributed by atoms with E-state index in [0.29, 0.717) is 11.6 Å². The van der Waals surface area contributed by atoms with Crippen molar-refractivity contribution in [1.82, 2.24) is 9.97 Å². The Labute approximate surface area is 119 Å². The van der Waals surface area contributed by atoms with E-state index < -0.39 is 0 Å². The predicted molar refractivity (Wildman–Crippen MR) is 77.9 cm³/mol. The molecule has 0 bridgehead atoms. The van der Waals surface area contributed by atoms with Crippen LogP contribution in [0.5, 0.6) is 11.6 Å². The number of aliphatic hydroxyl groups is 1. The Morgan fingerprint density at radius 3 is 2.45 bits per heavy atom. The van der Waals surface area contributed by atoms with Gasteiger partial charge in [-0.3, -0.25) is 4.98 Å². The average Bonchev–Trinajstić information content (AvgIpc) is 2.40. The summed E-state index contributed by atoms with van der Waals surface area (Å²) in [6, 6.07) is 6.10. The average molecular weight is 272 g/mol. The second kappa shape index (κ2) is 5.59. The second-order valence-corrected chi connectivity index (χ2v) is 5.86. The molecule has 2 rings (SSSR count). The van der Waals surface area contributed by atoms with Crippen LogP contribution in [0.4, 0.5) is 0 Å². The van der Waals surface area contributed by atoms with Gasteiger partial charge in [-0.25, -0.2) is 4.98 Å². The molecule has 0 aliphatic rings. The number of hydrogen-bond acceptors (Lipinski definition) is 4. The van der Waals surface area contributed by atoms with E-state index in [0.717, 1.165) is 11.3 Å². The highest BCUT2D eigenvalue weighted by molar-refractivity contribution is 5.42. The number of rotatable bonds is 3. The molecule has 0 atom stereocenters. The minimum atomic E-state index is -0.120. The molecule has 0 amide bonds. The SMILES string of the molecule is Cc1ccc(Oc2cnc(CO)cn2)c(C(C)(C)C)c1. The van der Waals surface area contributed by atoms with E-state index in [1.807, 2.05) is 12.1 Å². The molecule has 2 aromatic rings. The summed E-state index contributed by atoms with van der Waals surface area (Å²) in [6.07, 6.45) is 3.04. The molecule has 0 saturated heterocycles. The molecule has 1 aromatic heterocycles. The van der Waals surface area contributed by atoms with E-state index in [1.54, 1.807) is 0 Å². The molecule has 1 N–H and O–H groups in total. The van der Waals surface area contributed by atoms with Crippen molar-refractivity contribution in [3.63, 3.8) is 0 Å². The molecule has 0 unspecified atom stereocenters. The van der Waals surface area contributed by atoms with Crippen molar-refractivity contribution in [1.29, 1.82) is 0 Å². The van der Waals surface area contributed by atoms with Crippen molar-refractivity contribution in [2.75, 3.05) is 0 Å². The Hall–Kier alpha value is -1.94. The van der Waals surface area contributed by atoms with Crippen LogP contribution in [0.25, 0.3) is 0 Å². The van der Waals surface area contributed by atoms with Gasteiger partial charge in [0.2, 0.25) is 5.88 Å². The molecule has 106 valence electrons. The molecule has 4 nitrogen and oxygen atoms in total. The summed E-state index contributed by atoms with van der Waals surface area (Å²) in [4.78, 5) is 8.21. The van der Waals surface area contributed by atoms with Gasteiger partial charge in [0.1, 0.15) is 5.75 Å². The molecule has 1 heterocycles. The van der Waals surface area contributed by atoms with Gasteiger partial charge in [0.05, 0.1) is 24.7 Å². The highest BCUT2D eigenvalue weighted by atomic mass is 16.5. The third kappa shape index (κ3) is 3.33. The van der Waals surface area contributed by atoms with Crippen LogP contribution in [0.3, 0.4) is 0 Å². The Morgan fingerprint density at radius 2 is 1.90 bits per heavy atom. The van der Waals surface area contributed by atoms with Crippen LogP contribution in [0, 0.1) is 6.92 Å². The van der Waals surface area contributed by atoms with Gasteiger partial charge in [-0.2, -0.15) is 0 Å². The van der Waals surface area contributed by atoms with E-state index >= 15 is 0 Å². The van der Waals surface area contributed by atoms with Crippen LogP contribution in [0.15, 0.2) is 30.6 Å². The van der Waals surface area contributed by atoms with Gasteiger partial charge in [-0.15, -0.1) is 0 Å². The highest BCUT2D eigenvalue weighted by Crippen LogP contribution is 2.34. The molecule has 0 aliphatic carbocycles. The number of hydrogen-bond donors (Lipinski definition) is 1. The third-order valence-corrected chi connectivity index (χ3v) is 3.00. The summed E-state index contributed by atoms with van der Waals surface area (Å²) in [6.45, 7) is 8.39. The van der Waals surface area contributed by atoms with Gasteiger partial charge < -0.3 is 9.84 Å². The summed E-state index contributed by atoms with van der Waals surface area (Å²) in [5.74, 6) is 1.21. The molecular formula is C16H20N2O2. The maximum Gasteiger partial charge on any atom is 0.237 e. The molecule has 4 heteroatoms. The zero-order valence-electron chi connectivity index (χ0n) is 12.3. The topological polar surface area (TPSA) is 55.2 Å². The first-order valence-electron chi connectivity index (χ1n) is 6.61. The van der Waals surface area contributed by atoms with Gasteiger partial charge in [-0.05, 0) is 18.4 Å². The lowest BCUT2D eigenvalue weighted by molar-refractivity contribution is 0.275. The molecule has 20 heavy (non-hydrogen) atoms. The van der Waals surface area contributed by atoms with E-state index in [-0.39, 0.29) is 12.0 Å². The molecule has 0 fully saturated rings. The Bertz CT molecular complexity index is 586. The van der Waals surface area contributed by atoms with Gasteiger partial charge in [0.15, 0.2) is 0 Å². The molecule has 0 aliphatic heterocycles. The fourth-order valence-corrected chi connectivity index (χ4v) is 1.91. The molecule has 0 spiro atoms. The van der Waals surface area contributed by atoms with Gasteiger partial charge in [0, 0.05) is 5.56 Å². The van der Waals surface area contributed by atoms with Crippen LogP contribution < -0.4 is 4.74 Å². The minimum Gasteiger partial charge on any atom is -0.437 e. The number of aromatic nitrogens is 2. The normalized spacial score (nSPS) is 11.4. The maximum absolute atomic E-state index is 8.96. The third-order valence-electron chi connectivity index (χ3n) is 3.00. The molecular weight excluding hydrogens is 252 g/mol. The van der Waals surface area contributed by atoms with Gasteiger partial charge >= 0.3 is 0 Å². The lowest BCUT2D eigenvalue weighted by atomic mass is 9.85. The van der Waals surface area contributed by atoms with Crippen molar-refractivity contribution in [2.45, 2.75) is 39.7 Å². The van der Waals surface area contributed by atoms with Crippen molar-refractivity contribution < 1.29 is 9.84 Å². The van der Waals surface area contributed by atoms with E-state index in [2.05, 4.69) is 43.7 Å². The predicted octanol–water partition coefficient (Wildman–Crippen LogP) is 3.37. The van der Waals surface area contributed by atoms with Crippen molar-refractivity contribution in [3.05, 3.63) is 47.4 Å². The fraction of sp³-hybridized carbons (Fsp3) is 0.375. The lowest BCUT2D eigenvalue weighted by Gasteiger charge is -2.23. The first-order valence-corrected chi connectivity index (χ1v) is 6.61. The van der Waals surface area contributed by atoms with Crippen LogP contribution >= 0.6 is 0 Å². The highest BCUT2D eigenvalue weighted by Gasteiger charge is 2.19. The number of ether oxygens (including phenoxy) is 1. The fourth-order valence-electron chi connectivity index (χ4n) is 1.91. The van der Waals surface area contributed by atoms with Crippen molar-refractivity contribution in [2.24, 2.45) is 0 Å². The number of aliphatic hydroxyl groups excluding tert-OH is 1. The van der Waals surface area contributed by atoms with Crippen LogP contribution in [-0.4, -0.2) is 15.1 Å². The minimum absolute atomic E-state index is 0.0141. The summed E-state index contributed by atoms with van der Waals surface area (Å²) in [5, 5.41) is 8.96. The summed E-state index contributed by atoms with van der Waals surface area (Å²) in [7, 11) is 0. The van der Waals surface area contributed by atoms with Gasteiger partial charge in [-0.1, -0.05) is 38.5 Å². The number of aryl methyl sites for hydroxylation is 1. The molecule has 0 saturated carbocycles. The molecule has 1 aromatic carbocycles. The largest absolute Gasteiger partial charge is 0.437 e. The van der Waals surface area contributed by atoms with Crippen LogP contribution in [0.2, 0.25) is 0 Å². The lowest BCUT2D eigenvalue weighted by Crippen LogP contribution is -2.13. The summed E-state index contributed by atoms with van der Waals surface area (Å²) in [5.41, 5.74) is 2.84. The zero-order valence-corrected chi connectivity index (χ0v) is 12.3. The Balaban J connectivity index is 2.32. The number of benzene rings is 1. The van der Waals surface area contributed by atoms with Gasteiger partial charge in [0.25, 0.3) is 0 Å². The monoisotopic (exact) mass is 272 g/mol. The zero-order chi connectivity index (χ0) is 14.8. The van der Waals surface area contributed by atoms with E-state index in [1.165, 1.54) is 18.0 Å². The second-order valence-electron chi connectivity index (χ2n) is 5.86. The Kier molecular flexibility index (Phi) is 4.04. The van der Waals surface area contributed by atoms with Crippen LogP contribution in [0.1, 0.15) is 37.6 Å². The van der Waals surface area contributed by atoms with Crippen LogP contribution in [-0.2, 0) is 12.0 Å². The van der Waals surface area contributed by atoms with E-state index in [4.69, 9.17) is 9.84 Å². The van der Waals surface area contributed by atoms with Crippen molar-refractivity contribution >= 4 is 0 Å². The Morgan fingerprint density at radius 1 is 1.15 bits per heavy atom. The first kappa shape index (κ1) is 14.5. The van der Waals surface area contributed by atoms with E-state index in [9.17, 15) is 0 Å². The summed E-state index contributed by atoms with van der Waals surface area (Å²) < 4.78 is 5.84. The maximum atomic E-state index is 8.96.